The fraction of sp³-hybridized carbons (Fsp3) is 0.417. The van der Waals surface area contributed by atoms with Crippen LogP contribution >= 0.6 is 11.3 Å². The summed E-state index contributed by atoms with van der Waals surface area (Å²) < 4.78 is 18.2. The van der Waals surface area contributed by atoms with Crippen LogP contribution in [0.2, 0.25) is 0 Å². The molecule has 0 saturated carbocycles. The van der Waals surface area contributed by atoms with Crippen LogP contribution in [0.3, 0.4) is 0 Å². The molecule has 0 bridgehead atoms. The smallest absolute Gasteiger partial charge is 0.278 e. The van der Waals surface area contributed by atoms with E-state index in [1.807, 2.05) is 19.2 Å². The van der Waals surface area contributed by atoms with Gasteiger partial charge in [-0.1, -0.05) is 20.8 Å². The monoisotopic (exact) mass is 481 g/mol. The third kappa shape index (κ3) is 3.90. The van der Waals surface area contributed by atoms with Crippen molar-refractivity contribution in [1.82, 2.24) is 29.6 Å². The Hall–Kier alpha value is -3.11. The van der Waals surface area contributed by atoms with E-state index >= 15 is 0 Å². The molecule has 8 nitrogen and oxygen atoms in total. The van der Waals surface area contributed by atoms with Crippen LogP contribution in [0, 0.1) is 5.82 Å². The zero-order valence-electron chi connectivity index (χ0n) is 19.9. The molecule has 2 N–H and O–H groups in total. The van der Waals surface area contributed by atoms with E-state index in [0.29, 0.717) is 28.4 Å². The molecule has 3 aromatic heterocycles. The van der Waals surface area contributed by atoms with Gasteiger partial charge in [0.1, 0.15) is 11.2 Å². The lowest BCUT2D eigenvalue weighted by atomic mass is 9.93. The summed E-state index contributed by atoms with van der Waals surface area (Å²) in [6, 6.07) is 3.25. The van der Waals surface area contributed by atoms with Gasteiger partial charge in [0, 0.05) is 29.6 Å². The fourth-order valence-electron chi connectivity index (χ4n) is 4.13. The molecule has 0 atom stereocenters. The van der Waals surface area contributed by atoms with Crippen LogP contribution in [0.5, 0.6) is 0 Å². The number of fused-ring (bicyclic) bond motifs is 2. The molecule has 0 spiro atoms. The normalized spacial score (nSPS) is 14.1. The minimum absolute atomic E-state index is 0.120. The highest BCUT2D eigenvalue weighted by atomic mass is 32.1. The highest BCUT2D eigenvalue weighted by Crippen LogP contribution is 2.29. The van der Waals surface area contributed by atoms with Crippen molar-refractivity contribution in [3.8, 4) is 5.13 Å². The van der Waals surface area contributed by atoms with Gasteiger partial charge in [0.25, 0.3) is 5.56 Å². The zero-order valence-corrected chi connectivity index (χ0v) is 20.8. The summed E-state index contributed by atoms with van der Waals surface area (Å²) in [6.07, 6.45) is 2.30. The fourth-order valence-corrected chi connectivity index (χ4v) is 5.18. The van der Waals surface area contributed by atoms with Crippen molar-refractivity contribution in [3.05, 3.63) is 56.7 Å². The summed E-state index contributed by atoms with van der Waals surface area (Å²) in [5, 5.41) is 9.37. The Balaban J connectivity index is 1.63. The van der Waals surface area contributed by atoms with Gasteiger partial charge in [-0.05, 0) is 50.1 Å². The number of aromatic nitrogens is 5. The lowest BCUT2D eigenvalue weighted by Gasteiger charge is -2.18. The molecule has 0 saturated heterocycles. The second-order valence-electron chi connectivity index (χ2n) is 9.90. The molecule has 34 heavy (non-hydrogen) atoms. The van der Waals surface area contributed by atoms with Gasteiger partial charge in [0.05, 0.1) is 11.4 Å². The largest absolute Gasteiger partial charge is 0.322 e. The van der Waals surface area contributed by atoms with Crippen LogP contribution in [-0.4, -0.2) is 30.9 Å². The van der Waals surface area contributed by atoms with Gasteiger partial charge in [-0.25, -0.2) is 23.7 Å². The Morgan fingerprint density at radius 1 is 1.21 bits per heavy atom. The summed E-state index contributed by atoms with van der Waals surface area (Å²) in [5.74, 6) is -0.131. The van der Waals surface area contributed by atoms with Crippen LogP contribution < -0.4 is 16.2 Å². The summed E-state index contributed by atoms with van der Waals surface area (Å²) in [7, 11) is 0. The number of hydrogen-bond acceptors (Lipinski definition) is 7. The quantitative estimate of drug-likeness (QED) is 0.448. The average molecular weight is 482 g/mol. The number of hydrogen-bond donors (Lipinski definition) is 2. The van der Waals surface area contributed by atoms with E-state index in [0.717, 1.165) is 29.8 Å². The molecule has 1 aromatic carbocycles. The lowest BCUT2D eigenvalue weighted by Crippen LogP contribution is -2.24. The Bertz CT molecular complexity index is 1440. The molecule has 0 unspecified atom stereocenters. The molecule has 10 heteroatoms. The lowest BCUT2D eigenvalue weighted by molar-refractivity contribution is 0.473. The minimum Gasteiger partial charge on any atom is -0.322 e. The van der Waals surface area contributed by atoms with Gasteiger partial charge in [0.2, 0.25) is 11.1 Å². The van der Waals surface area contributed by atoms with E-state index in [1.165, 1.54) is 17.5 Å². The molecule has 0 fully saturated rings. The zero-order chi connectivity index (χ0) is 24.2. The number of benzene rings is 1. The SMILES string of the molecule is CC(C)n1c(=O)c2cnc(Nc3cc4c(cc3F)CCNC4)nc2n1-c1nc(C(C)(C)C)cs1. The maximum Gasteiger partial charge on any atom is 0.278 e. The van der Waals surface area contributed by atoms with Gasteiger partial charge in [-0.15, -0.1) is 11.3 Å². The molecular weight excluding hydrogens is 453 g/mol. The van der Waals surface area contributed by atoms with Crippen molar-refractivity contribution < 1.29 is 4.39 Å². The van der Waals surface area contributed by atoms with Crippen molar-refractivity contribution in [1.29, 1.82) is 0 Å². The third-order valence-electron chi connectivity index (χ3n) is 5.98. The number of rotatable bonds is 4. The van der Waals surface area contributed by atoms with Crippen LogP contribution in [-0.2, 0) is 18.4 Å². The number of anilines is 2. The van der Waals surface area contributed by atoms with E-state index in [9.17, 15) is 9.18 Å². The summed E-state index contributed by atoms with van der Waals surface area (Å²) in [5.41, 5.74) is 3.44. The molecule has 0 amide bonds. The van der Waals surface area contributed by atoms with Crippen molar-refractivity contribution in [2.45, 2.75) is 59.0 Å². The molecule has 1 aliphatic heterocycles. The van der Waals surface area contributed by atoms with Crippen molar-refractivity contribution >= 4 is 34.0 Å². The Kier molecular flexibility index (Phi) is 5.52. The van der Waals surface area contributed by atoms with Gasteiger partial charge >= 0.3 is 0 Å². The maximum atomic E-state index is 14.8. The summed E-state index contributed by atoms with van der Waals surface area (Å²) in [4.78, 5) is 27.0. The van der Waals surface area contributed by atoms with Crippen molar-refractivity contribution in [2.75, 3.05) is 11.9 Å². The van der Waals surface area contributed by atoms with Gasteiger partial charge in [0.15, 0.2) is 5.65 Å². The average Bonchev–Trinajstić information content (AvgIpc) is 3.37. The predicted molar refractivity (Wildman–Crippen MR) is 133 cm³/mol. The van der Waals surface area contributed by atoms with E-state index in [-0.39, 0.29) is 28.8 Å². The van der Waals surface area contributed by atoms with E-state index in [2.05, 4.69) is 41.4 Å². The highest BCUT2D eigenvalue weighted by Gasteiger charge is 2.24. The van der Waals surface area contributed by atoms with Crippen molar-refractivity contribution in [2.24, 2.45) is 0 Å². The number of nitrogens with one attached hydrogen (secondary N) is 2. The first-order valence-electron chi connectivity index (χ1n) is 11.4. The Morgan fingerprint density at radius 2 is 2.00 bits per heavy atom. The van der Waals surface area contributed by atoms with Gasteiger partial charge in [-0.3, -0.25) is 4.79 Å². The first kappa shape index (κ1) is 22.7. The second-order valence-corrected chi connectivity index (χ2v) is 10.7. The first-order chi connectivity index (χ1) is 16.1. The number of halogens is 1. The Labute approximate surface area is 200 Å². The van der Waals surface area contributed by atoms with Gasteiger partial charge in [-0.2, -0.15) is 4.98 Å². The molecule has 4 heterocycles. The highest BCUT2D eigenvalue weighted by molar-refractivity contribution is 7.12. The molecule has 0 aliphatic carbocycles. The van der Waals surface area contributed by atoms with E-state index in [4.69, 9.17) is 4.98 Å². The van der Waals surface area contributed by atoms with Crippen molar-refractivity contribution in [3.63, 3.8) is 0 Å². The standard InChI is InChI=1S/C24H28FN7OS/c1-13(2)31-21(33)16-11-27-22(28-18-9-15-10-26-7-6-14(15)8-17(18)25)30-20(16)32(31)23-29-19(12-34-23)24(3,4)5/h8-9,11-13,26H,6-7,10H2,1-5H3,(H,27,28,30). The van der Waals surface area contributed by atoms with Gasteiger partial charge < -0.3 is 10.6 Å². The minimum atomic E-state index is -0.351. The topological polar surface area (TPSA) is 89.7 Å². The number of thiazole rings is 1. The van der Waals surface area contributed by atoms with Crippen LogP contribution in [0.15, 0.2) is 28.5 Å². The predicted octanol–water partition coefficient (Wildman–Crippen LogP) is 4.45. The summed E-state index contributed by atoms with van der Waals surface area (Å²) >= 11 is 1.46. The van der Waals surface area contributed by atoms with E-state index in [1.54, 1.807) is 21.5 Å². The third-order valence-corrected chi connectivity index (χ3v) is 6.79. The van der Waals surface area contributed by atoms with Crippen LogP contribution in [0.1, 0.15) is 57.5 Å². The summed E-state index contributed by atoms with van der Waals surface area (Å²) in [6.45, 7) is 11.7. The molecule has 5 rings (SSSR count). The second kappa shape index (κ2) is 8.28. The first-order valence-corrected chi connectivity index (χ1v) is 12.3. The maximum absolute atomic E-state index is 14.8. The molecule has 0 radical (unpaired) electrons. The van der Waals surface area contributed by atoms with Crippen LogP contribution in [0.4, 0.5) is 16.0 Å². The Morgan fingerprint density at radius 3 is 2.71 bits per heavy atom. The molecule has 178 valence electrons. The van der Waals surface area contributed by atoms with E-state index < -0.39 is 0 Å². The molecule has 1 aliphatic rings. The van der Waals surface area contributed by atoms with Crippen LogP contribution in [0.25, 0.3) is 16.2 Å². The molecular formula is C24H28FN7OS. The number of nitrogens with zero attached hydrogens (tertiary/aromatic N) is 5. The molecule has 4 aromatic rings.